The number of phenols is 1. The van der Waals surface area contributed by atoms with Crippen LogP contribution in [0, 0.1) is 11.7 Å². The van der Waals surface area contributed by atoms with Crippen molar-refractivity contribution in [1.82, 2.24) is 10.2 Å². The fourth-order valence-electron chi connectivity index (χ4n) is 2.74. The molecule has 1 unspecified atom stereocenters. The minimum absolute atomic E-state index is 0.173. The Morgan fingerprint density at radius 3 is 2.84 bits per heavy atom. The van der Waals surface area contributed by atoms with E-state index in [9.17, 15) is 9.50 Å². The lowest BCUT2D eigenvalue weighted by Gasteiger charge is -2.23. The molecule has 1 saturated heterocycles. The van der Waals surface area contributed by atoms with Crippen molar-refractivity contribution < 1.29 is 9.50 Å². The van der Waals surface area contributed by atoms with Crippen molar-refractivity contribution in [2.75, 3.05) is 27.2 Å². The second-order valence-electron chi connectivity index (χ2n) is 5.74. The lowest BCUT2D eigenvalue weighted by molar-refractivity contribution is 0.363. The van der Waals surface area contributed by atoms with Crippen LogP contribution in [0.25, 0.3) is 0 Å². The lowest BCUT2D eigenvalue weighted by Crippen LogP contribution is -2.30. The molecular weight excluding hydrogens is 243 g/mol. The Hall–Kier alpha value is -1.13. The summed E-state index contributed by atoms with van der Waals surface area (Å²) in [5.74, 6) is -0.181. The van der Waals surface area contributed by atoms with Crippen molar-refractivity contribution in [3.8, 4) is 5.75 Å². The first kappa shape index (κ1) is 14.3. The van der Waals surface area contributed by atoms with E-state index in [1.165, 1.54) is 6.07 Å². The van der Waals surface area contributed by atoms with Gasteiger partial charge in [0.15, 0.2) is 11.6 Å². The summed E-state index contributed by atoms with van der Waals surface area (Å²) >= 11 is 0. The predicted molar refractivity (Wildman–Crippen MR) is 74.8 cm³/mol. The van der Waals surface area contributed by atoms with E-state index in [4.69, 9.17) is 0 Å². The standard InChI is InChI=1S/C15H23FN2O/c1-18(2)10-12-7-13(15(19)14(16)8-12)6-11-4-3-5-17-9-11/h7-8,11,17,19H,3-6,9-10H2,1-2H3. The smallest absolute Gasteiger partial charge is 0.165 e. The molecule has 0 saturated carbocycles. The van der Waals surface area contributed by atoms with Crippen LogP contribution in [0.15, 0.2) is 12.1 Å². The number of phenolic OH excluding ortho intramolecular Hbond substituents is 1. The minimum Gasteiger partial charge on any atom is -0.505 e. The molecule has 1 aliphatic heterocycles. The summed E-state index contributed by atoms with van der Waals surface area (Å²) < 4.78 is 13.8. The maximum Gasteiger partial charge on any atom is 0.165 e. The Bertz CT molecular complexity index is 428. The van der Waals surface area contributed by atoms with Crippen molar-refractivity contribution in [2.24, 2.45) is 5.92 Å². The number of hydrogen-bond donors (Lipinski definition) is 2. The highest BCUT2D eigenvalue weighted by molar-refractivity contribution is 5.38. The largest absolute Gasteiger partial charge is 0.505 e. The van der Waals surface area contributed by atoms with Gasteiger partial charge in [-0.3, -0.25) is 0 Å². The molecular formula is C15H23FN2O. The second kappa shape index (κ2) is 6.35. The molecule has 0 spiro atoms. The van der Waals surface area contributed by atoms with Gasteiger partial charge in [0.25, 0.3) is 0 Å². The number of piperidine rings is 1. The van der Waals surface area contributed by atoms with Crippen molar-refractivity contribution in [1.29, 1.82) is 0 Å². The first-order valence-corrected chi connectivity index (χ1v) is 6.92. The van der Waals surface area contributed by atoms with Crippen LogP contribution in [0.3, 0.4) is 0 Å². The Morgan fingerprint density at radius 1 is 1.42 bits per heavy atom. The fraction of sp³-hybridized carbons (Fsp3) is 0.600. The summed E-state index contributed by atoms with van der Waals surface area (Å²) in [5, 5.41) is 13.2. The third kappa shape index (κ3) is 3.91. The van der Waals surface area contributed by atoms with Crippen molar-refractivity contribution in [3.63, 3.8) is 0 Å². The van der Waals surface area contributed by atoms with Gasteiger partial charge in [-0.25, -0.2) is 4.39 Å². The lowest BCUT2D eigenvalue weighted by atomic mass is 9.91. The molecule has 3 nitrogen and oxygen atoms in total. The summed E-state index contributed by atoms with van der Waals surface area (Å²) in [6, 6.07) is 3.37. The van der Waals surface area contributed by atoms with Crippen LogP contribution in [-0.2, 0) is 13.0 Å². The van der Waals surface area contributed by atoms with Crippen molar-refractivity contribution in [3.05, 3.63) is 29.1 Å². The van der Waals surface area contributed by atoms with Crippen LogP contribution in [0.2, 0.25) is 0 Å². The van der Waals surface area contributed by atoms with Crippen molar-refractivity contribution >= 4 is 0 Å². The molecule has 1 fully saturated rings. The zero-order valence-electron chi connectivity index (χ0n) is 11.7. The van der Waals surface area contributed by atoms with Gasteiger partial charge >= 0.3 is 0 Å². The SMILES string of the molecule is CN(C)Cc1cc(F)c(O)c(CC2CCCNC2)c1. The second-order valence-corrected chi connectivity index (χ2v) is 5.74. The van der Waals surface area contributed by atoms with Crippen LogP contribution in [0.1, 0.15) is 24.0 Å². The molecule has 0 amide bonds. The number of nitrogens with zero attached hydrogens (tertiary/aromatic N) is 1. The van der Waals surface area contributed by atoms with Crippen LogP contribution < -0.4 is 5.32 Å². The van der Waals surface area contributed by atoms with E-state index in [1.807, 2.05) is 25.1 Å². The van der Waals surface area contributed by atoms with Crippen LogP contribution in [0.4, 0.5) is 4.39 Å². The van der Waals surface area contributed by atoms with E-state index in [1.54, 1.807) is 0 Å². The van der Waals surface area contributed by atoms with Crippen LogP contribution in [0.5, 0.6) is 5.75 Å². The number of nitrogens with one attached hydrogen (secondary N) is 1. The molecule has 1 aromatic rings. The molecule has 106 valence electrons. The molecule has 1 heterocycles. The highest BCUT2D eigenvalue weighted by atomic mass is 19.1. The molecule has 2 rings (SSSR count). The quantitative estimate of drug-likeness (QED) is 0.876. The van der Waals surface area contributed by atoms with E-state index in [0.29, 0.717) is 12.5 Å². The zero-order valence-corrected chi connectivity index (χ0v) is 11.7. The number of hydrogen-bond acceptors (Lipinski definition) is 3. The van der Waals surface area contributed by atoms with Gasteiger partial charge in [-0.15, -0.1) is 0 Å². The molecule has 4 heteroatoms. The number of rotatable bonds is 4. The van der Waals surface area contributed by atoms with Gasteiger partial charge in [0.1, 0.15) is 0 Å². The summed E-state index contributed by atoms with van der Waals surface area (Å²) in [4.78, 5) is 2.00. The van der Waals surface area contributed by atoms with Gasteiger partial charge in [0, 0.05) is 6.54 Å². The van der Waals surface area contributed by atoms with Gasteiger partial charge in [-0.1, -0.05) is 6.07 Å². The molecule has 0 bridgehead atoms. The third-order valence-electron chi connectivity index (χ3n) is 3.61. The van der Waals surface area contributed by atoms with Gasteiger partial charge in [0.2, 0.25) is 0 Å². The Morgan fingerprint density at radius 2 is 2.21 bits per heavy atom. The highest BCUT2D eigenvalue weighted by Crippen LogP contribution is 2.27. The van der Waals surface area contributed by atoms with Gasteiger partial charge in [0.05, 0.1) is 0 Å². The van der Waals surface area contributed by atoms with E-state index in [2.05, 4.69) is 5.32 Å². The summed E-state index contributed by atoms with van der Waals surface area (Å²) in [7, 11) is 3.91. The molecule has 1 aromatic carbocycles. The normalized spacial score (nSPS) is 19.9. The summed E-state index contributed by atoms with van der Waals surface area (Å²) in [6.45, 7) is 2.71. The number of aromatic hydroxyl groups is 1. The van der Waals surface area contributed by atoms with Crippen molar-refractivity contribution in [2.45, 2.75) is 25.8 Å². The average molecular weight is 266 g/mol. The Kier molecular flexibility index (Phi) is 4.77. The Labute approximate surface area is 114 Å². The van der Waals surface area contributed by atoms with E-state index in [-0.39, 0.29) is 5.75 Å². The van der Waals surface area contributed by atoms with E-state index < -0.39 is 5.82 Å². The molecule has 1 aliphatic rings. The molecule has 2 N–H and O–H groups in total. The van der Waals surface area contributed by atoms with Gasteiger partial charge in [-0.05, 0) is 69.6 Å². The average Bonchev–Trinajstić information content (AvgIpc) is 2.36. The van der Waals surface area contributed by atoms with Crippen LogP contribution in [-0.4, -0.2) is 37.2 Å². The topological polar surface area (TPSA) is 35.5 Å². The molecule has 1 atom stereocenters. The third-order valence-corrected chi connectivity index (χ3v) is 3.61. The minimum atomic E-state index is -0.502. The first-order valence-electron chi connectivity index (χ1n) is 6.92. The monoisotopic (exact) mass is 266 g/mol. The first-order chi connectivity index (χ1) is 9.06. The molecule has 0 aliphatic carbocycles. The highest BCUT2D eigenvalue weighted by Gasteiger charge is 2.17. The van der Waals surface area contributed by atoms with Gasteiger partial charge < -0.3 is 15.3 Å². The van der Waals surface area contributed by atoms with E-state index in [0.717, 1.165) is 43.5 Å². The zero-order chi connectivity index (χ0) is 13.8. The number of halogens is 1. The summed E-state index contributed by atoms with van der Waals surface area (Å²) in [5.41, 5.74) is 1.66. The molecule has 0 aromatic heterocycles. The summed E-state index contributed by atoms with van der Waals surface area (Å²) in [6.07, 6.45) is 3.05. The van der Waals surface area contributed by atoms with Crippen LogP contribution >= 0.6 is 0 Å². The van der Waals surface area contributed by atoms with E-state index >= 15 is 0 Å². The molecule has 0 radical (unpaired) electrons. The number of benzene rings is 1. The fourth-order valence-corrected chi connectivity index (χ4v) is 2.74. The predicted octanol–water partition coefficient (Wildman–Crippen LogP) is 2.13. The van der Waals surface area contributed by atoms with Gasteiger partial charge in [-0.2, -0.15) is 0 Å². The maximum absolute atomic E-state index is 13.8. The molecule has 19 heavy (non-hydrogen) atoms. The maximum atomic E-state index is 13.8. The Balaban J connectivity index is 2.15.